The van der Waals surface area contributed by atoms with Gasteiger partial charge in [0.1, 0.15) is 6.54 Å². The maximum absolute atomic E-state index is 13.4. The Morgan fingerprint density at radius 1 is 0.971 bits per heavy atom. The van der Waals surface area contributed by atoms with Gasteiger partial charge in [0.05, 0.1) is 17.0 Å². The van der Waals surface area contributed by atoms with Crippen molar-refractivity contribution in [2.24, 2.45) is 9.98 Å². The van der Waals surface area contributed by atoms with Gasteiger partial charge >= 0.3 is 12.3 Å². The van der Waals surface area contributed by atoms with Gasteiger partial charge in [-0.25, -0.2) is 15.3 Å². The highest BCUT2D eigenvalue weighted by Gasteiger charge is 2.32. The highest BCUT2D eigenvalue weighted by atomic mass is 35.5. The minimum atomic E-state index is -4.56. The van der Waals surface area contributed by atoms with Gasteiger partial charge in [-0.3, -0.25) is 10.3 Å². The lowest BCUT2D eigenvalue weighted by molar-refractivity contribution is -0.137. The number of hydroxylamine groups is 1. The van der Waals surface area contributed by atoms with Crippen molar-refractivity contribution in [2.75, 3.05) is 11.9 Å². The first-order valence-corrected chi connectivity index (χ1v) is 10.5. The van der Waals surface area contributed by atoms with Crippen LogP contribution in [0.25, 0.3) is 0 Å². The van der Waals surface area contributed by atoms with Crippen LogP contribution in [0, 0.1) is 0 Å². The van der Waals surface area contributed by atoms with E-state index in [1.807, 2.05) is 0 Å². The van der Waals surface area contributed by atoms with E-state index in [1.54, 1.807) is 42.5 Å². The second-order valence-electron chi connectivity index (χ2n) is 7.06. The first-order valence-electron chi connectivity index (χ1n) is 9.78. The normalized spacial score (nSPS) is 13.2. The Balaban J connectivity index is 1.62. The maximum atomic E-state index is 13.4. The number of carbonyl (C=O) groups is 1. The Bertz CT molecular complexity index is 1310. The van der Waals surface area contributed by atoms with Gasteiger partial charge in [-0.2, -0.15) is 13.2 Å². The fourth-order valence-corrected chi connectivity index (χ4v) is 3.59. The van der Waals surface area contributed by atoms with E-state index in [9.17, 15) is 18.0 Å². The van der Waals surface area contributed by atoms with Crippen LogP contribution in [0.1, 0.15) is 16.7 Å². The van der Waals surface area contributed by atoms with Gasteiger partial charge in [-0.05, 0) is 42.5 Å². The minimum Gasteiger partial charge on any atom is -0.323 e. The van der Waals surface area contributed by atoms with Crippen LogP contribution in [0.15, 0.2) is 76.7 Å². The van der Waals surface area contributed by atoms with Crippen molar-refractivity contribution >= 4 is 52.2 Å². The summed E-state index contributed by atoms with van der Waals surface area (Å²) < 4.78 is 40.1. The van der Waals surface area contributed by atoms with Crippen LogP contribution in [0.2, 0.25) is 10.0 Å². The zero-order valence-electron chi connectivity index (χ0n) is 17.2. The van der Waals surface area contributed by atoms with Gasteiger partial charge in [0.25, 0.3) is 0 Å². The Morgan fingerprint density at radius 3 is 2.50 bits per heavy atom. The highest BCUT2D eigenvalue weighted by Crippen LogP contribution is 2.35. The number of nitrogens with zero attached hydrogens (tertiary/aromatic N) is 2. The summed E-state index contributed by atoms with van der Waals surface area (Å²) in [5.41, 5.74) is 2.99. The highest BCUT2D eigenvalue weighted by molar-refractivity contribution is 6.36. The van der Waals surface area contributed by atoms with Crippen molar-refractivity contribution in [1.29, 1.82) is 0 Å². The Morgan fingerprint density at radius 2 is 1.76 bits per heavy atom. The molecule has 1 heterocycles. The van der Waals surface area contributed by atoms with Gasteiger partial charge in [0, 0.05) is 26.9 Å². The van der Waals surface area contributed by atoms with Crippen LogP contribution in [0.5, 0.6) is 0 Å². The lowest BCUT2D eigenvalue weighted by Gasteiger charge is -2.13. The number of amidine groups is 1. The third kappa shape index (κ3) is 5.49. The summed E-state index contributed by atoms with van der Waals surface area (Å²) >= 11 is 12.2. The van der Waals surface area contributed by atoms with Gasteiger partial charge in [-0.1, -0.05) is 47.5 Å². The standard InChI is InChI=1S/C23H15Cl2F3N4O2/c24-14-4-3-5-15(11-14)30-22(33)34-32-20-12-29-21(16-6-1-2-7-18(16)25)17-10-13(23(26,27)28)8-9-19(17)31-20/h1-11H,12H2,(H,30,33)(H,31,32). The van der Waals surface area contributed by atoms with E-state index in [0.29, 0.717) is 21.3 Å². The zero-order valence-corrected chi connectivity index (χ0v) is 18.7. The predicted molar refractivity (Wildman–Crippen MR) is 125 cm³/mol. The van der Waals surface area contributed by atoms with Crippen LogP contribution in [-0.2, 0) is 11.0 Å². The molecule has 1 amide bonds. The molecule has 0 atom stereocenters. The molecule has 3 aromatic rings. The number of nitrogens with one attached hydrogen (secondary N) is 2. The molecular weight excluding hydrogens is 492 g/mol. The minimum absolute atomic E-state index is 0.101. The number of halogens is 5. The van der Waals surface area contributed by atoms with E-state index >= 15 is 0 Å². The number of hydrogen-bond acceptors (Lipinski definition) is 5. The average molecular weight is 507 g/mol. The Labute approximate surface area is 202 Å². The fourth-order valence-electron chi connectivity index (χ4n) is 3.17. The summed E-state index contributed by atoms with van der Waals surface area (Å²) in [6.45, 7) is -0.110. The molecule has 3 aromatic carbocycles. The molecule has 0 fully saturated rings. The van der Waals surface area contributed by atoms with Gasteiger partial charge < -0.3 is 4.84 Å². The van der Waals surface area contributed by atoms with Gasteiger partial charge in [0.15, 0.2) is 5.84 Å². The molecule has 34 heavy (non-hydrogen) atoms. The van der Waals surface area contributed by atoms with Crippen LogP contribution in [0.4, 0.5) is 29.3 Å². The van der Waals surface area contributed by atoms with Crippen molar-refractivity contribution in [3.05, 3.63) is 93.5 Å². The summed E-state index contributed by atoms with van der Waals surface area (Å²) in [6, 6.07) is 16.2. The molecule has 11 heteroatoms. The first kappa shape index (κ1) is 23.6. The third-order valence-electron chi connectivity index (χ3n) is 4.68. The molecule has 0 aliphatic carbocycles. The smallest absolute Gasteiger partial charge is 0.323 e. The second-order valence-corrected chi connectivity index (χ2v) is 7.90. The number of amides is 1. The van der Waals surface area contributed by atoms with E-state index < -0.39 is 17.8 Å². The van der Waals surface area contributed by atoms with Crippen molar-refractivity contribution < 1.29 is 22.8 Å². The number of carbonyl (C=O) groups excluding carboxylic acids is 1. The molecule has 174 valence electrons. The van der Waals surface area contributed by atoms with Crippen molar-refractivity contribution in [1.82, 2.24) is 5.48 Å². The maximum Gasteiger partial charge on any atom is 0.435 e. The van der Waals surface area contributed by atoms with Crippen LogP contribution < -0.4 is 10.8 Å². The largest absolute Gasteiger partial charge is 0.435 e. The molecule has 1 aliphatic heterocycles. The van der Waals surface area contributed by atoms with Crippen LogP contribution in [-0.4, -0.2) is 24.2 Å². The Hall–Kier alpha value is -3.56. The molecule has 0 bridgehead atoms. The lowest BCUT2D eigenvalue weighted by atomic mass is 9.98. The summed E-state index contributed by atoms with van der Waals surface area (Å²) in [4.78, 5) is 25.8. The fraction of sp³-hybridized carbons (Fsp3) is 0.0870. The average Bonchev–Trinajstić information content (AvgIpc) is 2.96. The molecule has 0 saturated heterocycles. The summed E-state index contributed by atoms with van der Waals surface area (Å²) in [7, 11) is 0. The molecule has 0 aromatic heterocycles. The molecule has 0 unspecified atom stereocenters. The lowest BCUT2D eigenvalue weighted by Crippen LogP contribution is -2.31. The van der Waals surface area contributed by atoms with Crippen LogP contribution >= 0.6 is 23.2 Å². The molecule has 6 nitrogen and oxygen atoms in total. The SMILES string of the molecule is O=C(Nc1cccc(Cl)c1)ONC1=Nc2ccc(C(F)(F)F)cc2C(c2ccccc2Cl)=NC1. The number of anilines is 1. The molecule has 4 rings (SSSR count). The molecule has 0 saturated carbocycles. The molecular formula is C23H15Cl2F3N4O2. The first-order chi connectivity index (χ1) is 16.2. The quantitative estimate of drug-likeness (QED) is 0.382. The molecule has 2 N–H and O–H groups in total. The summed E-state index contributed by atoms with van der Waals surface area (Å²) in [5.74, 6) is 0.101. The summed E-state index contributed by atoms with van der Waals surface area (Å²) in [6.07, 6.45) is -5.41. The number of aliphatic imine (C=N–C) groups is 2. The number of hydrogen-bond donors (Lipinski definition) is 2. The van der Waals surface area contributed by atoms with E-state index in [0.717, 1.165) is 12.1 Å². The van der Waals surface area contributed by atoms with E-state index in [4.69, 9.17) is 28.0 Å². The van der Waals surface area contributed by atoms with Crippen molar-refractivity contribution in [2.45, 2.75) is 6.18 Å². The third-order valence-corrected chi connectivity index (χ3v) is 5.25. The number of benzene rings is 3. The number of rotatable bonds is 2. The Kier molecular flexibility index (Phi) is 6.76. The van der Waals surface area contributed by atoms with Crippen molar-refractivity contribution in [3.63, 3.8) is 0 Å². The number of fused-ring (bicyclic) bond motifs is 1. The molecule has 1 aliphatic rings. The van der Waals surface area contributed by atoms with Gasteiger partial charge in [0.2, 0.25) is 0 Å². The van der Waals surface area contributed by atoms with E-state index in [-0.39, 0.29) is 29.3 Å². The zero-order chi connectivity index (χ0) is 24.3. The van der Waals surface area contributed by atoms with Crippen molar-refractivity contribution in [3.8, 4) is 0 Å². The predicted octanol–water partition coefficient (Wildman–Crippen LogP) is 6.65. The number of alkyl halides is 3. The topological polar surface area (TPSA) is 75.1 Å². The molecule has 0 radical (unpaired) electrons. The molecule has 0 spiro atoms. The van der Waals surface area contributed by atoms with E-state index in [1.165, 1.54) is 12.1 Å². The second kappa shape index (κ2) is 9.74. The monoisotopic (exact) mass is 506 g/mol. The van der Waals surface area contributed by atoms with Crippen LogP contribution in [0.3, 0.4) is 0 Å². The van der Waals surface area contributed by atoms with E-state index in [2.05, 4.69) is 20.8 Å². The summed E-state index contributed by atoms with van der Waals surface area (Å²) in [5, 5.41) is 3.23. The van der Waals surface area contributed by atoms with Gasteiger partial charge in [-0.15, -0.1) is 0 Å².